The Labute approximate surface area is 366 Å². The molecule has 4 nitrogen and oxygen atoms in total. The first kappa shape index (κ1) is 38.8. The van der Waals surface area contributed by atoms with E-state index in [4.69, 9.17) is 12.7 Å². The van der Waals surface area contributed by atoms with Crippen LogP contribution in [0.15, 0.2) is 128 Å². The second-order valence-corrected chi connectivity index (χ2v) is 27.5. The molecule has 0 bridgehead atoms. The zero-order valence-electron chi connectivity index (χ0n) is 36.2. The Kier molecular flexibility index (Phi) is 11.5. The number of benzene rings is 5. The van der Waals surface area contributed by atoms with Gasteiger partial charge in [-0.3, -0.25) is 4.98 Å². The predicted molar refractivity (Wildman–Crippen MR) is 245 cm³/mol. The van der Waals surface area contributed by atoms with Crippen molar-refractivity contribution in [2.75, 3.05) is 0 Å². The SMILES string of the molecule is Cc1cc(C)c(-n2c(-c3[c-]ccc4c3sc3nc(C)ccc34)nc3ccccc32)c(C)c1.[2H]C([2H])(c1cc(-c2[c-]cccc2)nc[c]1[Ge]([CH3])([CH3])[CH3])C(C)c1ccccc1.[Ir]. The molecule has 0 fully saturated rings. The van der Waals surface area contributed by atoms with Gasteiger partial charge in [-0.25, -0.2) is 4.98 Å². The molecule has 58 heavy (non-hydrogen) atoms. The number of para-hydroxylation sites is 2. The van der Waals surface area contributed by atoms with Gasteiger partial charge in [-0.1, -0.05) is 46.8 Å². The molecular weight excluding hydrogens is 965 g/mol. The molecule has 0 saturated heterocycles. The zero-order chi connectivity index (χ0) is 41.6. The average molecular weight is 1020 g/mol. The van der Waals surface area contributed by atoms with Crippen LogP contribution in [0.3, 0.4) is 0 Å². The summed E-state index contributed by atoms with van der Waals surface area (Å²) in [7, 11) is 0. The molecule has 0 amide bonds. The van der Waals surface area contributed by atoms with E-state index in [9.17, 15) is 0 Å². The zero-order valence-corrected chi connectivity index (χ0v) is 39.5. The fourth-order valence-electron chi connectivity index (χ4n) is 7.76. The van der Waals surface area contributed by atoms with E-state index in [2.05, 4.69) is 114 Å². The van der Waals surface area contributed by atoms with Gasteiger partial charge >= 0.3 is 157 Å². The van der Waals surface area contributed by atoms with E-state index in [0.717, 1.165) is 59.7 Å². The second-order valence-electron chi connectivity index (χ2n) is 15.9. The van der Waals surface area contributed by atoms with Crippen molar-refractivity contribution < 1.29 is 22.8 Å². The van der Waals surface area contributed by atoms with E-state index in [1.165, 1.54) is 37.9 Å². The predicted octanol–water partition coefficient (Wildman–Crippen LogP) is 12.9. The van der Waals surface area contributed by atoms with Gasteiger partial charge in [0.15, 0.2) is 0 Å². The summed E-state index contributed by atoms with van der Waals surface area (Å²) in [6.45, 7) is 10.5. The molecule has 1 unspecified atom stereocenters. The number of imidazole rings is 1. The second kappa shape index (κ2) is 17.2. The van der Waals surface area contributed by atoms with Crippen molar-refractivity contribution in [1.29, 1.82) is 0 Å². The number of fused-ring (bicyclic) bond motifs is 4. The van der Waals surface area contributed by atoms with Crippen LogP contribution in [0.5, 0.6) is 0 Å². The summed E-state index contributed by atoms with van der Waals surface area (Å²) < 4.78 is 22.7. The van der Waals surface area contributed by atoms with Gasteiger partial charge in [-0.05, 0) is 67.1 Å². The Morgan fingerprint density at radius 3 is 2.22 bits per heavy atom. The first-order valence-electron chi connectivity index (χ1n) is 20.5. The number of aryl methyl sites for hydroxylation is 4. The standard InChI is InChI=1S/C28H22N3S.C23H26GeN.Ir/c1-16-14-17(2)25(18(3)15-16)31-24-11-6-5-10-23(24)30-27(31)22-9-7-8-20-21-13-12-19(4)29-28(21)32-26(20)22;1-18(19-11-7-5-8-12-19)15-21-16-23(20-13-9-6-10-14-20)25-17-22(21)24(2,3)4;/h5-8,10-15H,1-4H3;5-13,16-18H,15H2,1-4H3;/q2*-1;/i;15D2;. The third-order valence-corrected chi connectivity index (χ3v) is 15.8. The van der Waals surface area contributed by atoms with E-state index < -0.39 is 19.6 Å². The van der Waals surface area contributed by atoms with Gasteiger partial charge in [-0.15, -0.1) is 18.2 Å². The molecule has 0 aliphatic heterocycles. The molecule has 1 atom stereocenters. The summed E-state index contributed by atoms with van der Waals surface area (Å²) in [6, 6.07) is 47.6. The summed E-state index contributed by atoms with van der Waals surface area (Å²) in [5, 5.41) is 2.40. The minimum Gasteiger partial charge on any atom is 0 e. The third-order valence-electron chi connectivity index (χ3n) is 10.4. The average Bonchev–Trinajstić information content (AvgIpc) is 3.79. The molecule has 0 aliphatic rings. The number of aromatic nitrogens is 4. The topological polar surface area (TPSA) is 43.6 Å². The Morgan fingerprint density at radius 1 is 0.776 bits per heavy atom. The minimum atomic E-state index is -2.32. The Hall–Kier alpha value is -4.72. The van der Waals surface area contributed by atoms with Gasteiger partial charge < -0.3 is 4.57 Å². The maximum Gasteiger partial charge on any atom is 0 e. The van der Waals surface area contributed by atoms with Crippen LogP contribution in [-0.2, 0) is 26.5 Å². The van der Waals surface area contributed by atoms with Crippen LogP contribution in [-0.4, -0.2) is 32.8 Å². The molecule has 1 radical (unpaired) electrons. The number of hydrogen-bond acceptors (Lipinski definition) is 4. The smallest absolute Gasteiger partial charge is 0 e. The van der Waals surface area contributed by atoms with Crippen LogP contribution in [0.2, 0.25) is 17.3 Å². The van der Waals surface area contributed by atoms with Crippen LogP contribution < -0.4 is 4.40 Å². The van der Waals surface area contributed by atoms with Gasteiger partial charge in [0.2, 0.25) is 0 Å². The van der Waals surface area contributed by atoms with Crippen molar-refractivity contribution in [3.8, 4) is 28.3 Å². The van der Waals surface area contributed by atoms with Crippen molar-refractivity contribution in [3.63, 3.8) is 0 Å². The van der Waals surface area contributed by atoms with Crippen molar-refractivity contribution in [2.45, 2.75) is 64.2 Å². The molecule has 0 saturated carbocycles. The molecule has 4 aromatic heterocycles. The van der Waals surface area contributed by atoms with E-state index in [1.807, 2.05) is 86.8 Å². The molecule has 5 aromatic carbocycles. The summed E-state index contributed by atoms with van der Waals surface area (Å²) in [6.07, 6.45) is 0.433. The maximum atomic E-state index is 9.05. The van der Waals surface area contributed by atoms with Crippen molar-refractivity contribution in [3.05, 3.63) is 173 Å². The van der Waals surface area contributed by atoms with Crippen LogP contribution in [0, 0.1) is 39.8 Å². The number of thiophene rings is 1. The van der Waals surface area contributed by atoms with Crippen LogP contribution in [0.1, 0.15) is 49.1 Å². The number of nitrogens with zero attached hydrogens (tertiary/aromatic N) is 4. The molecular formula is C51H48GeIrN4S-2. The van der Waals surface area contributed by atoms with Crippen molar-refractivity contribution in [2.24, 2.45) is 0 Å². The van der Waals surface area contributed by atoms with E-state index in [0.29, 0.717) is 0 Å². The number of hydrogen-bond donors (Lipinski definition) is 0. The number of rotatable bonds is 7. The van der Waals surface area contributed by atoms with Gasteiger partial charge in [0.05, 0.1) is 16.9 Å². The fraction of sp³-hybridized carbons (Fsp3) is 0.196. The van der Waals surface area contributed by atoms with E-state index >= 15 is 0 Å². The monoisotopic (exact) mass is 1020 g/mol. The molecule has 7 heteroatoms. The summed E-state index contributed by atoms with van der Waals surface area (Å²) >= 11 is -0.594. The largest absolute Gasteiger partial charge is 0 e. The summed E-state index contributed by atoms with van der Waals surface area (Å²) in [4.78, 5) is 15.6. The van der Waals surface area contributed by atoms with Gasteiger partial charge in [0, 0.05) is 31.5 Å². The normalized spacial score (nSPS) is 12.8. The summed E-state index contributed by atoms with van der Waals surface area (Å²) in [5.74, 6) is 7.54. The molecule has 293 valence electrons. The van der Waals surface area contributed by atoms with Crippen LogP contribution >= 0.6 is 11.3 Å². The molecule has 0 aliphatic carbocycles. The molecule has 4 heterocycles. The number of pyridine rings is 2. The molecule has 0 spiro atoms. The molecule has 9 rings (SSSR count). The van der Waals surface area contributed by atoms with Crippen molar-refractivity contribution in [1.82, 2.24) is 19.5 Å². The van der Waals surface area contributed by atoms with E-state index in [1.54, 1.807) is 11.3 Å². The Morgan fingerprint density at radius 2 is 1.50 bits per heavy atom. The van der Waals surface area contributed by atoms with E-state index in [-0.39, 0.29) is 26.0 Å². The third kappa shape index (κ3) is 8.39. The summed E-state index contributed by atoms with van der Waals surface area (Å²) in [5.41, 5.74) is 12.6. The fourth-order valence-corrected chi connectivity index (χ4v) is 11.9. The molecule has 9 aromatic rings. The quantitative estimate of drug-likeness (QED) is 0.118. The first-order chi connectivity index (χ1) is 28.2. The van der Waals surface area contributed by atoms with Gasteiger partial charge in [0.1, 0.15) is 4.83 Å². The Balaban J connectivity index is 0.000000182. The van der Waals surface area contributed by atoms with Gasteiger partial charge in [-0.2, -0.15) is 11.3 Å². The van der Waals surface area contributed by atoms with Crippen molar-refractivity contribution >= 4 is 60.3 Å². The van der Waals surface area contributed by atoms with Crippen LogP contribution in [0.4, 0.5) is 0 Å². The van der Waals surface area contributed by atoms with Gasteiger partial charge in [0.25, 0.3) is 0 Å². The minimum absolute atomic E-state index is 0. The molecule has 0 N–H and O–H groups in total. The maximum absolute atomic E-state index is 9.05. The Bertz CT molecular complexity index is 2950. The van der Waals surface area contributed by atoms with Crippen LogP contribution in [0.25, 0.3) is 59.7 Å². The first-order valence-corrected chi connectivity index (χ1v) is 27.7.